The van der Waals surface area contributed by atoms with Crippen LogP contribution in [0.1, 0.15) is 32.3 Å². The van der Waals surface area contributed by atoms with Gasteiger partial charge in [0, 0.05) is 36.8 Å². The van der Waals surface area contributed by atoms with Crippen LogP contribution in [0.4, 0.5) is 11.4 Å². The molecule has 3 aliphatic heterocycles. The lowest BCUT2D eigenvalue weighted by Gasteiger charge is -2.50. The van der Waals surface area contributed by atoms with E-state index in [1.807, 2.05) is 13.8 Å². The fourth-order valence-electron chi connectivity index (χ4n) is 4.68. The Kier molecular flexibility index (Phi) is 3.95. The number of nitrogens with one attached hydrogen (secondary N) is 1. The highest BCUT2D eigenvalue weighted by Gasteiger charge is 2.62. The van der Waals surface area contributed by atoms with Crippen LogP contribution in [0.5, 0.6) is 0 Å². The molecule has 8 nitrogen and oxygen atoms in total. The number of amides is 2. The highest BCUT2D eigenvalue weighted by molar-refractivity contribution is 7.80. The molecule has 2 saturated heterocycles. The second-order valence-corrected chi connectivity index (χ2v) is 7.98. The number of rotatable bonds is 2. The van der Waals surface area contributed by atoms with Gasteiger partial charge in [-0.2, -0.15) is 0 Å². The lowest BCUT2D eigenvalue weighted by Crippen LogP contribution is -2.72. The Labute approximate surface area is 161 Å². The quantitative estimate of drug-likeness (QED) is 0.359. The van der Waals surface area contributed by atoms with Crippen LogP contribution in [-0.2, 0) is 16.0 Å². The number of hydrogen-bond donors (Lipinski definition) is 1. The first-order valence-electron chi connectivity index (χ1n) is 9.00. The Balaban J connectivity index is 1.88. The molecule has 0 aliphatic carbocycles. The first kappa shape index (κ1) is 17.8. The Morgan fingerprint density at radius 3 is 2.78 bits per heavy atom. The number of nitro benzene ring substituents is 1. The third kappa shape index (κ3) is 2.37. The number of benzene rings is 1. The van der Waals surface area contributed by atoms with E-state index in [1.165, 1.54) is 17.0 Å². The van der Waals surface area contributed by atoms with Crippen LogP contribution < -0.4 is 10.2 Å². The Morgan fingerprint density at radius 1 is 1.37 bits per heavy atom. The van der Waals surface area contributed by atoms with Crippen LogP contribution in [0.25, 0.3) is 0 Å². The standard InChI is InChI=1S/C18H20N4O4S/c1-10(2)21-16(24)18(15(23)19-17(21)27)9-11-8-12(22(25)26)5-6-13(11)20-7-3-4-14(18)20/h5-6,8,10,14H,3-4,7,9H2,1-2H3,(H,19,23,27)/t14-,18+/m1/s1. The number of carbonyl (C=O) groups is 2. The zero-order valence-electron chi connectivity index (χ0n) is 15.1. The van der Waals surface area contributed by atoms with Crippen molar-refractivity contribution in [3.8, 4) is 0 Å². The molecule has 2 atom stereocenters. The number of anilines is 1. The second-order valence-electron chi connectivity index (χ2n) is 7.60. The van der Waals surface area contributed by atoms with Gasteiger partial charge in [-0.3, -0.25) is 24.6 Å². The minimum absolute atomic E-state index is 0.0403. The van der Waals surface area contributed by atoms with Gasteiger partial charge in [-0.15, -0.1) is 0 Å². The average Bonchev–Trinajstić information content (AvgIpc) is 3.09. The lowest BCUT2D eigenvalue weighted by atomic mass is 9.68. The van der Waals surface area contributed by atoms with E-state index in [9.17, 15) is 19.7 Å². The van der Waals surface area contributed by atoms with Crippen molar-refractivity contribution < 1.29 is 14.5 Å². The van der Waals surface area contributed by atoms with Crippen LogP contribution >= 0.6 is 12.2 Å². The smallest absolute Gasteiger partial charge is 0.269 e. The van der Waals surface area contributed by atoms with Crippen LogP contribution in [0, 0.1) is 15.5 Å². The molecule has 1 N–H and O–H groups in total. The second kappa shape index (κ2) is 5.98. The van der Waals surface area contributed by atoms with E-state index in [-0.39, 0.29) is 35.2 Å². The molecular weight excluding hydrogens is 368 g/mol. The zero-order valence-corrected chi connectivity index (χ0v) is 15.9. The highest BCUT2D eigenvalue weighted by atomic mass is 32.1. The first-order valence-corrected chi connectivity index (χ1v) is 9.41. The van der Waals surface area contributed by atoms with Gasteiger partial charge in [-0.25, -0.2) is 0 Å². The third-order valence-electron chi connectivity index (χ3n) is 5.84. The van der Waals surface area contributed by atoms with Gasteiger partial charge in [-0.05, 0) is 50.5 Å². The van der Waals surface area contributed by atoms with Crippen molar-refractivity contribution in [2.45, 2.75) is 45.2 Å². The van der Waals surface area contributed by atoms with E-state index in [4.69, 9.17) is 12.2 Å². The minimum atomic E-state index is -1.31. The summed E-state index contributed by atoms with van der Waals surface area (Å²) >= 11 is 5.23. The maximum absolute atomic E-state index is 13.6. The number of thiocarbonyl (C=S) groups is 1. The monoisotopic (exact) mass is 388 g/mol. The molecule has 1 aromatic carbocycles. The highest BCUT2D eigenvalue weighted by Crippen LogP contribution is 2.49. The molecule has 0 radical (unpaired) electrons. The number of fused-ring (bicyclic) bond motifs is 4. The topological polar surface area (TPSA) is 95.8 Å². The van der Waals surface area contributed by atoms with E-state index >= 15 is 0 Å². The predicted molar refractivity (Wildman–Crippen MR) is 102 cm³/mol. The molecule has 142 valence electrons. The Hall–Kier alpha value is -2.55. The number of nitro groups is 1. The molecule has 0 bridgehead atoms. The van der Waals surface area contributed by atoms with Gasteiger partial charge in [0.15, 0.2) is 10.5 Å². The molecule has 0 unspecified atom stereocenters. The van der Waals surface area contributed by atoms with Crippen LogP contribution in [0.15, 0.2) is 18.2 Å². The summed E-state index contributed by atoms with van der Waals surface area (Å²) in [4.78, 5) is 41.0. The number of hydrogen-bond acceptors (Lipinski definition) is 6. The molecular formula is C18H20N4O4S. The number of carbonyl (C=O) groups excluding carboxylic acids is 2. The Bertz CT molecular complexity index is 886. The molecule has 4 rings (SSSR count). The fraction of sp³-hybridized carbons (Fsp3) is 0.500. The first-order chi connectivity index (χ1) is 12.8. The van der Waals surface area contributed by atoms with Crippen LogP contribution in [-0.4, -0.2) is 45.4 Å². The van der Waals surface area contributed by atoms with Crippen molar-refractivity contribution in [2.75, 3.05) is 11.4 Å². The van der Waals surface area contributed by atoms with Crippen molar-refractivity contribution in [1.29, 1.82) is 0 Å². The van der Waals surface area contributed by atoms with Gasteiger partial charge in [-0.1, -0.05) is 0 Å². The summed E-state index contributed by atoms with van der Waals surface area (Å²) in [6, 6.07) is 4.23. The van der Waals surface area contributed by atoms with Crippen molar-refractivity contribution in [2.24, 2.45) is 5.41 Å². The van der Waals surface area contributed by atoms with Crippen molar-refractivity contribution >= 4 is 40.5 Å². The summed E-state index contributed by atoms with van der Waals surface area (Å²) in [6.07, 6.45) is 1.71. The SMILES string of the molecule is CC(C)N1C(=O)[C@]2(Cc3cc([N+](=O)[O-])ccc3N3CCC[C@@H]32)C(=O)NC1=S. The van der Waals surface area contributed by atoms with Crippen LogP contribution in [0.2, 0.25) is 0 Å². The summed E-state index contributed by atoms with van der Waals surface area (Å²) in [5.74, 6) is -0.705. The predicted octanol–water partition coefficient (Wildman–Crippen LogP) is 1.76. The van der Waals surface area contributed by atoms with Crippen molar-refractivity contribution in [3.63, 3.8) is 0 Å². The molecule has 2 amide bonds. The van der Waals surface area contributed by atoms with E-state index in [0.29, 0.717) is 18.5 Å². The van der Waals surface area contributed by atoms with Gasteiger partial charge in [0.2, 0.25) is 11.8 Å². The summed E-state index contributed by atoms with van der Waals surface area (Å²) in [5.41, 5.74) is 0.174. The number of non-ortho nitro benzene ring substituents is 1. The molecule has 0 aromatic heterocycles. The molecule has 1 aromatic rings. The average molecular weight is 388 g/mol. The van der Waals surface area contributed by atoms with Crippen molar-refractivity contribution in [1.82, 2.24) is 10.2 Å². The lowest BCUT2D eigenvalue weighted by molar-refractivity contribution is -0.384. The molecule has 27 heavy (non-hydrogen) atoms. The third-order valence-corrected chi connectivity index (χ3v) is 6.13. The molecule has 1 spiro atoms. The van der Waals surface area contributed by atoms with Gasteiger partial charge in [0.05, 0.1) is 11.0 Å². The van der Waals surface area contributed by atoms with Gasteiger partial charge < -0.3 is 10.2 Å². The number of nitrogens with zero attached hydrogens (tertiary/aromatic N) is 3. The zero-order chi connectivity index (χ0) is 19.5. The maximum Gasteiger partial charge on any atom is 0.269 e. The van der Waals surface area contributed by atoms with Gasteiger partial charge >= 0.3 is 0 Å². The normalized spacial score (nSPS) is 27.1. The Morgan fingerprint density at radius 2 is 2.11 bits per heavy atom. The minimum Gasteiger partial charge on any atom is -0.367 e. The molecule has 2 fully saturated rings. The summed E-state index contributed by atoms with van der Waals surface area (Å²) in [7, 11) is 0. The van der Waals surface area contributed by atoms with E-state index in [1.54, 1.807) is 6.07 Å². The summed E-state index contributed by atoms with van der Waals surface area (Å²) in [6.45, 7) is 4.41. The van der Waals surface area contributed by atoms with Gasteiger partial charge in [0.25, 0.3) is 5.69 Å². The van der Waals surface area contributed by atoms with Gasteiger partial charge in [0.1, 0.15) is 0 Å². The summed E-state index contributed by atoms with van der Waals surface area (Å²) in [5, 5.41) is 14.1. The maximum atomic E-state index is 13.6. The van der Waals surface area contributed by atoms with E-state index in [0.717, 1.165) is 12.1 Å². The molecule has 0 saturated carbocycles. The molecule has 9 heteroatoms. The van der Waals surface area contributed by atoms with Crippen LogP contribution in [0.3, 0.4) is 0 Å². The molecule has 3 heterocycles. The summed E-state index contributed by atoms with van der Waals surface area (Å²) < 4.78 is 0. The molecule has 3 aliphatic rings. The largest absolute Gasteiger partial charge is 0.367 e. The fourth-order valence-corrected chi connectivity index (χ4v) is 5.07. The van der Waals surface area contributed by atoms with E-state index in [2.05, 4.69) is 10.2 Å². The van der Waals surface area contributed by atoms with Crippen molar-refractivity contribution in [3.05, 3.63) is 33.9 Å². The van der Waals surface area contributed by atoms with E-state index < -0.39 is 16.2 Å².